The third kappa shape index (κ3) is 4.04. The molecule has 0 radical (unpaired) electrons. The molecule has 5 atom stereocenters. The fourth-order valence-corrected chi connectivity index (χ4v) is 2.74. The van der Waals surface area contributed by atoms with Crippen molar-refractivity contribution < 1.29 is 15.3 Å². The molecule has 0 aliphatic heterocycles. The summed E-state index contributed by atoms with van der Waals surface area (Å²) in [5.41, 5.74) is -0.843. The predicted molar refractivity (Wildman–Crippen MR) is 66.0 cm³/mol. The van der Waals surface area contributed by atoms with Crippen LogP contribution in [-0.2, 0) is 0 Å². The molecule has 0 aromatic heterocycles. The minimum Gasteiger partial charge on any atom is -0.396 e. The fourth-order valence-electron chi connectivity index (χ4n) is 2.74. The van der Waals surface area contributed by atoms with Gasteiger partial charge in [-0.25, -0.2) is 0 Å². The topological polar surface area (TPSA) is 60.7 Å². The Kier molecular flexibility index (Phi) is 5.94. The Bertz CT molecular complexity index is 196. The minimum atomic E-state index is -0.843. The summed E-state index contributed by atoms with van der Waals surface area (Å²) in [4.78, 5) is 0. The highest BCUT2D eigenvalue weighted by atomic mass is 16.3. The zero-order chi connectivity index (χ0) is 13.1. The molecule has 98 valence electrons. The van der Waals surface area contributed by atoms with Gasteiger partial charge < -0.3 is 15.3 Å². The van der Waals surface area contributed by atoms with Crippen molar-refractivity contribution in [2.24, 2.45) is 23.7 Å². The summed E-state index contributed by atoms with van der Waals surface area (Å²) in [7, 11) is 0. The highest BCUT2D eigenvalue weighted by Crippen LogP contribution is 2.36. The Hall–Kier alpha value is -0.120. The molecule has 0 fully saturated rings. The first-order chi connectivity index (χ1) is 7.12. The number of aliphatic hydroxyl groups is 3. The Balaban J connectivity index is 4.90. The van der Waals surface area contributed by atoms with Gasteiger partial charge >= 0.3 is 0 Å². The molecule has 0 aliphatic carbocycles. The zero-order valence-electron chi connectivity index (χ0n) is 11.4. The van der Waals surface area contributed by atoms with E-state index in [-0.39, 0.29) is 30.3 Å². The van der Waals surface area contributed by atoms with E-state index < -0.39 is 11.7 Å². The maximum absolute atomic E-state index is 10.2. The van der Waals surface area contributed by atoms with Crippen molar-refractivity contribution in [3.63, 3.8) is 0 Å². The van der Waals surface area contributed by atoms with E-state index in [0.717, 1.165) is 0 Å². The monoisotopic (exact) mass is 232 g/mol. The van der Waals surface area contributed by atoms with E-state index in [1.807, 2.05) is 20.8 Å². The van der Waals surface area contributed by atoms with Crippen LogP contribution in [0.1, 0.15) is 41.5 Å². The SMILES string of the molecule is CC(O)C(C)C(C)C(C(C)CO)C(C)(C)O. The van der Waals surface area contributed by atoms with E-state index in [1.165, 1.54) is 0 Å². The summed E-state index contributed by atoms with van der Waals surface area (Å²) in [6, 6.07) is 0. The first kappa shape index (κ1) is 15.9. The summed E-state index contributed by atoms with van der Waals surface area (Å²) in [6.45, 7) is 11.3. The van der Waals surface area contributed by atoms with Crippen molar-refractivity contribution in [1.29, 1.82) is 0 Å². The maximum atomic E-state index is 10.2. The molecule has 0 spiro atoms. The van der Waals surface area contributed by atoms with Gasteiger partial charge in [0.25, 0.3) is 0 Å². The van der Waals surface area contributed by atoms with E-state index in [1.54, 1.807) is 20.8 Å². The number of aliphatic hydroxyl groups excluding tert-OH is 2. The van der Waals surface area contributed by atoms with Crippen LogP contribution in [0.25, 0.3) is 0 Å². The summed E-state index contributed by atoms with van der Waals surface area (Å²) in [6.07, 6.45) is -0.397. The number of rotatable bonds is 6. The molecule has 3 N–H and O–H groups in total. The van der Waals surface area contributed by atoms with E-state index in [0.29, 0.717) is 0 Å². The molecular weight excluding hydrogens is 204 g/mol. The van der Waals surface area contributed by atoms with Gasteiger partial charge in [-0.1, -0.05) is 20.8 Å². The van der Waals surface area contributed by atoms with E-state index in [9.17, 15) is 15.3 Å². The van der Waals surface area contributed by atoms with Gasteiger partial charge in [-0.15, -0.1) is 0 Å². The van der Waals surface area contributed by atoms with Crippen LogP contribution in [0.15, 0.2) is 0 Å². The third-order valence-electron chi connectivity index (χ3n) is 3.87. The van der Waals surface area contributed by atoms with Crippen LogP contribution >= 0.6 is 0 Å². The quantitative estimate of drug-likeness (QED) is 0.652. The standard InChI is InChI=1S/C13H28O3/c1-8(7-14)12(13(5,6)16)10(3)9(2)11(4)15/h8-12,14-16H,7H2,1-6H3. The first-order valence-corrected chi connectivity index (χ1v) is 6.14. The fraction of sp³-hybridized carbons (Fsp3) is 1.00. The normalized spacial score (nSPS) is 22.3. The minimum absolute atomic E-state index is 0.0243. The lowest BCUT2D eigenvalue weighted by Crippen LogP contribution is -2.44. The van der Waals surface area contributed by atoms with Crippen molar-refractivity contribution >= 4 is 0 Å². The molecule has 0 rings (SSSR count). The van der Waals surface area contributed by atoms with E-state index in [4.69, 9.17) is 0 Å². The molecule has 0 bridgehead atoms. The summed E-state index contributed by atoms with van der Waals surface area (Å²) >= 11 is 0. The second-order valence-electron chi connectivity index (χ2n) is 5.80. The van der Waals surface area contributed by atoms with Crippen LogP contribution < -0.4 is 0 Å². The maximum Gasteiger partial charge on any atom is 0.0625 e. The van der Waals surface area contributed by atoms with Gasteiger partial charge in [-0.05, 0) is 44.4 Å². The smallest absolute Gasteiger partial charge is 0.0625 e. The van der Waals surface area contributed by atoms with Gasteiger partial charge in [-0.2, -0.15) is 0 Å². The molecule has 0 aromatic rings. The molecule has 16 heavy (non-hydrogen) atoms. The van der Waals surface area contributed by atoms with Crippen molar-refractivity contribution in [1.82, 2.24) is 0 Å². The average molecular weight is 232 g/mol. The molecule has 0 heterocycles. The highest BCUT2D eigenvalue weighted by Gasteiger charge is 2.38. The van der Waals surface area contributed by atoms with Crippen LogP contribution in [0.2, 0.25) is 0 Å². The highest BCUT2D eigenvalue weighted by molar-refractivity contribution is 4.87. The van der Waals surface area contributed by atoms with Gasteiger partial charge in [0, 0.05) is 6.61 Å². The molecular formula is C13H28O3. The van der Waals surface area contributed by atoms with Gasteiger partial charge in [0.05, 0.1) is 11.7 Å². The second kappa shape index (κ2) is 5.99. The molecule has 0 saturated heterocycles. The Morgan fingerprint density at radius 3 is 1.69 bits per heavy atom. The lowest BCUT2D eigenvalue weighted by Gasteiger charge is -2.41. The number of hydrogen-bond acceptors (Lipinski definition) is 3. The number of hydrogen-bond donors (Lipinski definition) is 3. The third-order valence-corrected chi connectivity index (χ3v) is 3.87. The Morgan fingerprint density at radius 1 is 1.00 bits per heavy atom. The van der Waals surface area contributed by atoms with E-state index in [2.05, 4.69) is 0 Å². The lowest BCUT2D eigenvalue weighted by molar-refractivity contribution is -0.0665. The molecule has 5 unspecified atom stereocenters. The summed E-state index contributed by atoms with van der Waals surface area (Å²) in [5, 5.41) is 29.1. The lowest BCUT2D eigenvalue weighted by atomic mass is 9.68. The van der Waals surface area contributed by atoms with E-state index >= 15 is 0 Å². The Labute approximate surface area is 99.5 Å². The summed E-state index contributed by atoms with van der Waals surface area (Å²) in [5.74, 6) is 0.255. The largest absolute Gasteiger partial charge is 0.396 e. The molecule has 3 heteroatoms. The summed E-state index contributed by atoms with van der Waals surface area (Å²) < 4.78 is 0. The molecule has 0 aliphatic rings. The van der Waals surface area contributed by atoms with Crippen LogP contribution in [0.3, 0.4) is 0 Å². The van der Waals surface area contributed by atoms with Crippen LogP contribution in [0.4, 0.5) is 0 Å². The van der Waals surface area contributed by atoms with Gasteiger partial charge in [0.15, 0.2) is 0 Å². The molecule has 0 aromatic carbocycles. The average Bonchev–Trinajstić information content (AvgIpc) is 2.13. The van der Waals surface area contributed by atoms with Crippen molar-refractivity contribution in [2.45, 2.75) is 53.2 Å². The predicted octanol–water partition coefficient (Wildman–Crippen LogP) is 1.65. The van der Waals surface area contributed by atoms with Crippen LogP contribution in [-0.4, -0.2) is 33.6 Å². The van der Waals surface area contributed by atoms with Crippen LogP contribution in [0, 0.1) is 23.7 Å². The van der Waals surface area contributed by atoms with Gasteiger partial charge in [-0.3, -0.25) is 0 Å². The first-order valence-electron chi connectivity index (χ1n) is 6.14. The van der Waals surface area contributed by atoms with Crippen molar-refractivity contribution in [3.05, 3.63) is 0 Å². The molecule has 3 nitrogen and oxygen atoms in total. The Morgan fingerprint density at radius 2 is 1.44 bits per heavy atom. The van der Waals surface area contributed by atoms with Crippen molar-refractivity contribution in [3.8, 4) is 0 Å². The van der Waals surface area contributed by atoms with Gasteiger partial charge in [0.1, 0.15) is 0 Å². The van der Waals surface area contributed by atoms with Gasteiger partial charge in [0.2, 0.25) is 0 Å². The van der Waals surface area contributed by atoms with Crippen LogP contribution in [0.5, 0.6) is 0 Å². The zero-order valence-corrected chi connectivity index (χ0v) is 11.4. The second-order valence-corrected chi connectivity index (χ2v) is 5.80. The van der Waals surface area contributed by atoms with Crippen molar-refractivity contribution in [2.75, 3.05) is 6.61 Å². The molecule has 0 saturated carbocycles. The molecule has 0 amide bonds.